The van der Waals surface area contributed by atoms with E-state index in [0.29, 0.717) is 11.3 Å². The van der Waals surface area contributed by atoms with E-state index in [2.05, 4.69) is 25.9 Å². The van der Waals surface area contributed by atoms with Gasteiger partial charge in [0.25, 0.3) is 5.88 Å². The average molecular weight is 440 g/mol. The Bertz CT molecular complexity index is 956. The van der Waals surface area contributed by atoms with Gasteiger partial charge in [0.05, 0.1) is 11.5 Å². The number of hydrogen-bond donors (Lipinski definition) is 2. The SMILES string of the molecule is CCOC(=O)COc1ccc(Br)cc1C=Cc1nc(O)c([N+](=O)[O-])c(=O)[nH]1. The molecule has 1 aromatic carbocycles. The summed E-state index contributed by atoms with van der Waals surface area (Å²) in [5.74, 6) is -1.26. The van der Waals surface area contributed by atoms with Crippen LogP contribution in [-0.4, -0.2) is 39.2 Å². The highest BCUT2D eigenvalue weighted by atomic mass is 79.9. The van der Waals surface area contributed by atoms with Crippen LogP contribution in [-0.2, 0) is 9.53 Å². The lowest BCUT2D eigenvalue weighted by molar-refractivity contribution is -0.387. The summed E-state index contributed by atoms with van der Waals surface area (Å²) in [6.45, 7) is 1.63. The highest BCUT2D eigenvalue weighted by Gasteiger charge is 2.21. The topological polar surface area (TPSA) is 145 Å². The maximum absolute atomic E-state index is 11.7. The number of ether oxygens (including phenoxy) is 2. The van der Waals surface area contributed by atoms with E-state index in [9.17, 15) is 24.8 Å². The third-order valence-electron chi connectivity index (χ3n) is 3.12. The maximum Gasteiger partial charge on any atom is 0.395 e. The van der Waals surface area contributed by atoms with Crippen LogP contribution < -0.4 is 10.3 Å². The summed E-state index contributed by atoms with van der Waals surface area (Å²) in [6.07, 6.45) is 2.82. The molecule has 0 saturated carbocycles. The highest BCUT2D eigenvalue weighted by molar-refractivity contribution is 9.10. The van der Waals surface area contributed by atoms with E-state index in [0.717, 1.165) is 4.47 Å². The number of rotatable bonds is 7. The van der Waals surface area contributed by atoms with Crippen LogP contribution in [0, 0.1) is 10.1 Å². The molecule has 11 heteroatoms. The molecule has 0 aliphatic rings. The second-order valence-electron chi connectivity index (χ2n) is 4.99. The summed E-state index contributed by atoms with van der Waals surface area (Å²) in [5.41, 5.74) is -1.59. The Morgan fingerprint density at radius 2 is 2.19 bits per heavy atom. The molecule has 0 aliphatic carbocycles. The first-order valence-electron chi connectivity index (χ1n) is 7.55. The molecule has 27 heavy (non-hydrogen) atoms. The molecule has 142 valence electrons. The number of aromatic hydroxyl groups is 1. The van der Waals surface area contributed by atoms with Crippen LogP contribution in [0.1, 0.15) is 18.3 Å². The molecule has 10 nitrogen and oxygen atoms in total. The summed E-state index contributed by atoms with van der Waals surface area (Å²) < 4.78 is 10.9. The molecule has 2 rings (SSSR count). The number of carbonyl (C=O) groups excluding carboxylic acids is 1. The summed E-state index contributed by atoms with van der Waals surface area (Å²) >= 11 is 3.31. The van der Waals surface area contributed by atoms with Gasteiger partial charge in [-0.05, 0) is 37.3 Å². The van der Waals surface area contributed by atoms with Crippen molar-refractivity contribution in [2.75, 3.05) is 13.2 Å². The van der Waals surface area contributed by atoms with E-state index >= 15 is 0 Å². The first-order chi connectivity index (χ1) is 12.8. The minimum absolute atomic E-state index is 0.0978. The normalized spacial score (nSPS) is 10.7. The Kier molecular flexibility index (Phi) is 6.66. The van der Waals surface area contributed by atoms with Crippen molar-refractivity contribution in [1.82, 2.24) is 9.97 Å². The van der Waals surface area contributed by atoms with E-state index in [4.69, 9.17) is 9.47 Å². The minimum Gasteiger partial charge on any atom is -0.488 e. The lowest BCUT2D eigenvalue weighted by atomic mass is 10.2. The molecule has 0 saturated heterocycles. The number of benzene rings is 1. The number of aromatic amines is 1. The van der Waals surface area contributed by atoms with E-state index in [-0.39, 0.29) is 19.0 Å². The van der Waals surface area contributed by atoms with Gasteiger partial charge in [-0.25, -0.2) is 4.79 Å². The molecule has 0 amide bonds. The van der Waals surface area contributed by atoms with Crippen molar-refractivity contribution in [2.45, 2.75) is 6.92 Å². The van der Waals surface area contributed by atoms with Crippen LogP contribution in [0.2, 0.25) is 0 Å². The van der Waals surface area contributed by atoms with Gasteiger partial charge in [0, 0.05) is 10.0 Å². The number of aromatic nitrogens is 2. The van der Waals surface area contributed by atoms with Crippen molar-refractivity contribution in [3.8, 4) is 11.6 Å². The van der Waals surface area contributed by atoms with Crippen molar-refractivity contribution >= 4 is 39.7 Å². The number of H-pyrrole nitrogens is 1. The number of nitrogens with zero attached hydrogens (tertiary/aromatic N) is 2. The van der Waals surface area contributed by atoms with Crippen LogP contribution in [0.3, 0.4) is 0 Å². The van der Waals surface area contributed by atoms with Gasteiger partial charge in [-0.15, -0.1) is 0 Å². The van der Waals surface area contributed by atoms with Gasteiger partial charge in [-0.3, -0.25) is 14.9 Å². The first kappa shape index (κ1) is 20.1. The predicted octanol–water partition coefficient (Wildman–Crippen LogP) is 2.26. The summed E-state index contributed by atoms with van der Waals surface area (Å²) in [5, 5.41) is 20.2. The number of halogens is 1. The van der Waals surface area contributed by atoms with Crippen LogP contribution >= 0.6 is 15.9 Å². The molecular weight excluding hydrogens is 426 g/mol. The molecular formula is C16H14BrN3O7. The zero-order valence-electron chi connectivity index (χ0n) is 14.0. The summed E-state index contributed by atoms with van der Waals surface area (Å²) in [4.78, 5) is 38.5. The van der Waals surface area contributed by atoms with Crippen molar-refractivity contribution in [3.63, 3.8) is 0 Å². The fraction of sp³-hybridized carbons (Fsp3) is 0.188. The van der Waals surface area contributed by atoms with Crippen molar-refractivity contribution in [2.24, 2.45) is 0 Å². The fourth-order valence-corrected chi connectivity index (χ4v) is 2.38. The molecule has 0 bridgehead atoms. The van der Waals surface area contributed by atoms with Gasteiger partial charge in [-0.1, -0.05) is 15.9 Å². The number of nitrogens with one attached hydrogen (secondary N) is 1. The monoisotopic (exact) mass is 439 g/mol. The molecule has 1 aromatic heterocycles. The lowest BCUT2D eigenvalue weighted by Gasteiger charge is -2.09. The largest absolute Gasteiger partial charge is 0.488 e. The number of nitro groups is 1. The molecule has 0 aliphatic heterocycles. The standard InChI is InChI=1S/C16H14BrN3O7/c1-2-26-13(21)8-27-11-5-4-10(17)7-9(11)3-6-12-18-15(22)14(20(24)25)16(23)19-12/h3-7H,2,8H2,1H3,(H2,18,19,22,23). The zero-order valence-corrected chi connectivity index (χ0v) is 15.6. The second-order valence-corrected chi connectivity index (χ2v) is 5.91. The third kappa shape index (κ3) is 5.38. The van der Waals surface area contributed by atoms with Crippen LogP contribution in [0.15, 0.2) is 27.5 Å². The Morgan fingerprint density at radius 3 is 2.81 bits per heavy atom. The highest BCUT2D eigenvalue weighted by Crippen LogP contribution is 2.25. The summed E-state index contributed by atoms with van der Waals surface area (Å²) in [7, 11) is 0. The van der Waals surface area contributed by atoms with E-state index in [1.54, 1.807) is 25.1 Å². The Balaban J connectivity index is 2.28. The van der Waals surface area contributed by atoms with E-state index in [1.807, 2.05) is 0 Å². The number of hydrogen-bond acceptors (Lipinski definition) is 8. The second kappa shape index (κ2) is 8.94. The molecule has 0 spiro atoms. The maximum atomic E-state index is 11.7. The molecule has 1 heterocycles. The zero-order chi connectivity index (χ0) is 20.0. The molecule has 2 N–H and O–H groups in total. The molecule has 0 atom stereocenters. The van der Waals surface area contributed by atoms with Crippen molar-refractivity contribution in [1.29, 1.82) is 0 Å². The van der Waals surface area contributed by atoms with Gasteiger partial charge in [-0.2, -0.15) is 4.98 Å². The quantitative estimate of drug-likeness (QED) is 0.379. The third-order valence-corrected chi connectivity index (χ3v) is 3.61. The Labute approximate surface area is 160 Å². The number of esters is 1. The molecule has 0 unspecified atom stereocenters. The van der Waals surface area contributed by atoms with Gasteiger partial charge in [0.2, 0.25) is 0 Å². The van der Waals surface area contributed by atoms with Crippen LogP contribution in [0.25, 0.3) is 12.2 Å². The average Bonchev–Trinajstić information content (AvgIpc) is 2.58. The minimum atomic E-state index is -1.08. The smallest absolute Gasteiger partial charge is 0.395 e. The Morgan fingerprint density at radius 1 is 1.44 bits per heavy atom. The van der Waals surface area contributed by atoms with Crippen molar-refractivity contribution < 1.29 is 24.3 Å². The Hall–Kier alpha value is -3.21. The first-order valence-corrected chi connectivity index (χ1v) is 8.34. The van der Waals surface area contributed by atoms with Gasteiger partial charge < -0.3 is 19.6 Å². The lowest BCUT2D eigenvalue weighted by Crippen LogP contribution is -2.15. The van der Waals surface area contributed by atoms with Gasteiger partial charge in [0.15, 0.2) is 6.61 Å². The van der Waals surface area contributed by atoms with Crippen molar-refractivity contribution in [3.05, 3.63) is 54.5 Å². The van der Waals surface area contributed by atoms with Gasteiger partial charge in [0.1, 0.15) is 11.6 Å². The van der Waals surface area contributed by atoms with Crippen LogP contribution in [0.5, 0.6) is 11.6 Å². The van der Waals surface area contributed by atoms with E-state index < -0.39 is 28.0 Å². The molecule has 2 aromatic rings. The molecule has 0 fully saturated rings. The van der Waals surface area contributed by atoms with Gasteiger partial charge >= 0.3 is 17.2 Å². The number of carbonyl (C=O) groups is 1. The summed E-state index contributed by atoms with van der Waals surface area (Å²) in [6, 6.07) is 5.00. The van der Waals surface area contributed by atoms with Crippen LogP contribution in [0.4, 0.5) is 5.69 Å². The molecule has 0 radical (unpaired) electrons. The predicted molar refractivity (Wildman–Crippen MR) is 98.4 cm³/mol. The van der Waals surface area contributed by atoms with E-state index in [1.165, 1.54) is 12.2 Å². The fourth-order valence-electron chi connectivity index (χ4n) is 2.00.